The Bertz CT molecular complexity index is 971. The molecule has 0 atom stereocenters. The van der Waals surface area contributed by atoms with Crippen LogP contribution >= 0.6 is 11.6 Å². The Morgan fingerprint density at radius 2 is 1.96 bits per heavy atom. The largest absolute Gasteiger partial charge is 0.496 e. The first-order chi connectivity index (χ1) is 12.5. The van der Waals surface area contributed by atoms with Crippen LogP contribution < -0.4 is 10.1 Å². The Labute approximate surface area is 151 Å². The average molecular weight is 375 g/mol. The van der Waals surface area contributed by atoms with E-state index in [-0.39, 0.29) is 23.2 Å². The molecule has 0 bridgehead atoms. The highest BCUT2D eigenvalue weighted by Gasteiger charge is 2.17. The molecule has 10 heteroatoms. The molecule has 2 aromatic carbocycles. The second-order valence-corrected chi connectivity index (χ2v) is 5.45. The SMILES string of the molecule is COc1ccc(Cl)cc1C(=O)Nc1nnc(-c2ccc([N+](=O)[O-])cc2)o1. The standard InChI is InChI=1S/C16H11ClN4O5/c1-25-13-7-4-10(17)8-12(13)14(22)18-16-20-19-15(26-16)9-2-5-11(6-3-9)21(23)24/h2-8H,1H3,(H,18,20,22). The number of nitrogens with zero attached hydrogens (tertiary/aromatic N) is 3. The molecule has 0 saturated carbocycles. The number of ether oxygens (including phenoxy) is 1. The minimum Gasteiger partial charge on any atom is -0.496 e. The molecular weight excluding hydrogens is 364 g/mol. The topological polar surface area (TPSA) is 120 Å². The predicted octanol–water partition coefficient (Wildman–Crippen LogP) is 3.56. The number of nitrogens with one attached hydrogen (secondary N) is 1. The van der Waals surface area contributed by atoms with Gasteiger partial charge in [0.25, 0.3) is 11.6 Å². The van der Waals surface area contributed by atoms with E-state index in [1.54, 1.807) is 12.1 Å². The molecule has 0 aliphatic heterocycles. The molecular formula is C16H11ClN4O5. The summed E-state index contributed by atoms with van der Waals surface area (Å²) < 4.78 is 10.5. The van der Waals surface area contributed by atoms with Gasteiger partial charge in [-0.25, -0.2) is 0 Å². The maximum absolute atomic E-state index is 12.4. The lowest BCUT2D eigenvalue weighted by Gasteiger charge is -2.07. The summed E-state index contributed by atoms with van der Waals surface area (Å²) in [6, 6.07) is 10.0. The zero-order chi connectivity index (χ0) is 18.7. The molecule has 0 unspecified atom stereocenters. The van der Waals surface area contributed by atoms with Gasteiger partial charge in [-0.1, -0.05) is 16.7 Å². The number of carbonyl (C=O) groups is 1. The van der Waals surface area contributed by atoms with Crippen molar-refractivity contribution >= 4 is 29.2 Å². The zero-order valence-electron chi connectivity index (χ0n) is 13.3. The fourth-order valence-electron chi connectivity index (χ4n) is 2.14. The fraction of sp³-hybridized carbons (Fsp3) is 0.0625. The first-order valence-corrected chi connectivity index (χ1v) is 7.59. The number of nitro benzene ring substituents is 1. The van der Waals surface area contributed by atoms with Crippen molar-refractivity contribution in [3.05, 3.63) is 63.2 Å². The number of benzene rings is 2. The number of rotatable bonds is 5. The lowest BCUT2D eigenvalue weighted by Crippen LogP contribution is -2.13. The van der Waals surface area contributed by atoms with Crippen LogP contribution in [0.15, 0.2) is 46.9 Å². The molecule has 0 saturated heterocycles. The summed E-state index contributed by atoms with van der Waals surface area (Å²) in [6.45, 7) is 0. The predicted molar refractivity (Wildman–Crippen MR) is 92.3 cm³/mol. The van der Waals surface area contributed by atoms with E-state index in [1.165, 1.54) is 37.4 Å². The van der Waals surface area contributed by atoms with Crippen LogP contribution in [0.4, 0.5) is 11.7 Å². The maximum Gasteiger partial charge on any atom is 0.322 e. The Balaban J connectivity index is 1.79. The molecule has 0 radical (unpaired) electrons. The van der Waals surface area contributed by atoms with Gasteiger partial charge in [0.15, 0.2) is 0 Å². The first-order valence-electron chi connectivity index (χ1n) is 7.21. The van der Waals surface area contributed by atoms with E-state index in [9.17, 15) is 14.9 Å². The van der Waals surface area contributed by atoms with Crippen molar-refractivity contribution in [1.29, 1.82) is 0 Å². The number of carbonyl (C=O) groups excluding carboxylic acids is 1. The molecule has 0 spiro atoms. The number of aromatic nitrogens is 2. The third-order valence-corrected chi connectivity index (χ3v) is 3.61. The summed E-state index contributed by atoms with van der Waals surface area (Å²) >= 11 is 5.91. The van der Waals surface area contributed by atoms with Gasteiger partial charge < -0.3 is 9.15 Å². The Kier molecular flexibility index (Phi) is 4.81. The van der Waals surface area contributed by atoms with Crippen LogP contribution in [0.2, 0.25) is 5.02 Å². The van der Waals surface area contributed by atoms with Crippen LogP contribution in [0.25, 0.3) is 11.5 Å². The number of nitro groups is 1. The number of amides is 1. The van der Waals surface area contributed by atoms with E-state index in [4.69, 9.17) is 20.8 Å². The monoisotopic (exact) mass is 374 g/mol. The molecule has 3 rings (SSSR count). The lowest BCUT2D eigenvalue weighted by molar-refractivity contribution is -0.384. The molecule has 0 aliphatic carbocycles. The quantitative estimate of drug-likeness (QED) is 0.535. The van der Waals surface area contributed by atoms with Gasteiger partial charge in [-0.3, -0.25) is 20.2 Å². The van der Waals surface area contributed by atoms with Crippen molar-refractivity contribution in [2.45, 2.75) is 0 Å². The number of halogens is 1. The molecule has 3 aromatic rings. The van der Waals surface area contributed by atoms with Gasteiger partial charge >= 0.3 is 6.01 Å². The van der Waals surface area contributed by atoms with Crippen LogP contribution in [0.1, 0.15) is 10.4 Å². The molecule has 1 amide bonds. The third kappa shape index (κ3) is 3.62. The van der Waals surface area contributed by atoms with Gasteiger partial charge in [0.1, 0.15) is 5.75 Å². The summed E-state index contributed by atoms with van der Waals surface area (Å²) in [5.41, 5.74) is 0.619. The van der Waals surface area contributed by atoms with Crippen LogP contribution in [0, 0.1) is 10.1 Å². The summed E-state index contributed by atoms with van der Waals surface area (Å²) in [5, 5.41) is 21.0. The van der Waals surface area contributed by atoms with Gasteiger partial charge in [0.2, 0.25) is 5.89 Å². The normalized spacial score (nSPS) is 10.4. The van der Waals surface area contributed by atoms with Crippen LogP contribution in [0.5, 0.6) is 5.75 Å². The molecule has 1 N–H and O–H groups in total. The molecule has 0 fully saturated rings. The van der Waals surface area contributed by atoms with Crippen molar-refractivity contribution < 1.29 is 18.9 Å². The minimum absolute atomic E-state index is 0.0603. The molecule has 9 nitrogen and oxygen atoms in total. The van der Waals surface area contributed by atoms with Crippen molar-refractivity contribution in [2.24, 2.45) is 0 Å². The number of non-ortho nitro benzene ring substituents is 1. The van der Waals surface area contributed by atoms with Gasteiger partial charge in [-0.2, -0.15) is 0 Å². The molecule has 0 aliphatic rings. The highest BCUT2D eigenvalue weighted by Crippen LogP contribution is 2.25. The molecule has 26 heavy (non-hydrogen) atoms. The van der Waals surface area contributed by atoms with E-state index < -0.39 is 10.8 Å². The van der Waals surface area contributed by atoms with Gasteiger partial charge in [-0.05, 0) is 30.3 Å². The number of anilines is 1. The Morgan fingerprint density at radius 3 is 2.62 bits per heavy atom. The van der Waals surface area contributed by atoms with Crippen molar-refractivity contribution in [3.63, 3.8) is 0 Å². The number of hydrogen-bond donors (Lipinski definition) is 1. The Hall–Kier alpha value is -3.46. The van der Waals surface area contributed by atoms with Crippen molar-refractivity contribution in [2.75, 3.05) is 12.4 Å². The lowest BCUT2D eigenvalue weighted by atomic mass is 10.2. The van der Waals surface area contributed by atoms with Crippen molar-refractivity contribution in [1.82, 2.24) is 10.2 Å². The van der Waals surface area contributed by atoms with E-state index in [0.717, 1.165) is 0 Å². The van der Waals surface area contributed by atoms with Gasteiger partial charge in [-0.15, -0.1) is 5.10 Å². The smallest absolute Gasteiger partial charge is 0.322 e. The highest BCUT2D eigenvalue weighted by atomic mass is 35.5. The number of hydrogen-bond acceptors (Lipinski definition) is 7. The second-order valence-electron chi connectivity index (χ2n) is 5.02. The molecule has 132 valence electrons. The summed E-state index contributed by atoms with van der Waals surface area (Å²) in [4.78, 5) is 22.5. The minimum atomic E-state index is -0.539. The molecule has 1 heterocycles. The van der Waals surface area contributed by atoms with E-state index >= 15 is 0 Å². The maximum atomic E-state index is 12.4. The van der Waals surface area contributed by atoms with E-state index in [0.29, 0.717) is 16.3 Å². The first kappa shape index (κ1) is 17.4. The van der Waals surface area contributed by atoms with Crippen LogP contribution in [-0.2, 0) is 0 Å². The van der Waals surface area contributed by atoms with Gasteiger partial charge in [0, 0.05) is 22.7 Å². The second kappa shape index (κ2) is 7.19. The third-order valence-electron chi connectivity index (χ3n) is 3.38. The molecule has 1 aromatic heterocycles. The summed E-state index contributed by atoms with van der Waals surface area (Å²) in [6.07, 6.45) is 0. The van der Waals surface area contributed by atoms with Crippen LogP contribution in [-0.4, -0.2) is 28.1 Å². The van der Waals surface area contributed by atoms with E-state index in [1.807, 2.05) is 0 Å². The fourth-order valence-corrected chi connectivity index (χ4v) is 2.31. The van der Waals surface area contributed by atoms with Crippen LogP contribution in [0.3, 0.4) is 0 Å². The average Bonchev–Trinajstić information content (AvgIpc) is 3.10. The van der Waals surface area contributed by atoms with Crippen molar-refractivity contribution in [3.8, 4) is 17.2 Å². The van der Waals surface area contributed by atoms with Gasteiger partial charge in [0.05, 0.1) is 17.6 Å². The Morgan fingerprint density at radius 1 is 1.23 bits per heavy atom. The summed E-state index contributed by atoms with van der Waals surface area (Å²) in [7, 11) is 1.43. The zero-order valence-corrected chi connectivity index (χ0v) is 14.1. The summed E-state index contributed by atoms with van der Waals surface area (Å²) in [5.74, 6) is -0.0986. The highest BCUT2D eigenvalue weighted by molar-refractivity contribution is 6.31. The van der Waals surface area contributed by atoms with E-state index in [2.05, 4.69) is 15.5 Å². The number of methoxy groups -OCH3 is 1.